The highest BCUT2D eigenvalue weighted by Gasteiger charge is 2.19. The van der Waals surface area contributed by atoms with Crippen molar-refractivity contribution in [1.29, 1.82) is 0 Å². The van der Waals surface area contributed by atoms with Crippen LogP contribution in [0.1, 0.15) is 15.9 Å². The van der Waals surface area contributed by atoms with Gasteiger partial charge in [0.05, 0.1) is 31.5 Å². The van der Waals surface area contributed by atoms with Crippen LogP contribution in [0.5, 0.6) is 11.5 Å². The fourth-order valence-electron chi connectivity index (χ4n) is 3.62. The van der Waals surface area contributed by atoms with Crippen molar-refractivity contribution in [1.82, 2.24) is 10.3 Å². The molecule has 36 heavy (non-hydrogen) atoms. The van der Waals surface area contributed by atoms with Crippen molar-refractivity contribution in [2.24, 2.45) is 0 Å². The van der Waals surface area contributed by atoms with Gasteiger partial charge in [0, 0.05) is 12.1 Å². The van der Waals surface area contributed by atoms with Crippen molar-refractivity contribution in [2.45, 2.75) is 6.42 Å². The molecule has 0 saturated carbocycles. The molecule has 0 radical (unpaired) electrons. The van der Waals surface area contributed by atoms with Crippen molar-refractivity contribution in [3.8, 4) is 34.3 Å². The minimum absolute atomic E-state index is 0.261. The number of rotatable bonds is 10. The topological polar surface area (TPSA) is 99.9 Å². The molecule has 8 nitrogen and oxygen atoms in total. The van der Waals surface area contributed by atoms with E-state index in [1.54, 1.807) is 44.7 Å². The summed E-state index contributed by atoms with van der Waals surface area (Å²) in [5.41, 5.74) is 2.59. The van der Waals surface area contributed by atoms with Crippen LogP contribution in [0.4, 0.5) is 0 Å². The molecule has 0 aliphatic rings. The molecular formula is C28H26N2O6. The second kappa shape index (κ2) is 11.7. The van der Waals surface area contributed by atoms with Crippen molar-refractivity contribution in [3.05, 3.63) is 90.1 Å². The molecule has 0 aliphatic heterocycles. The van der Waals surface area contributed by atoms with Gasteiger partial charge in [-0.2, -0.15) is 0 Å². The van der Waals surface area contributed by atoms with Gasteiger partial charge in [-0.25, -0.2) is 9.78 Å². The van der Waals surface area contributed by atoms with Gasteiger partial charge in [-0.3, -0.25) is 4.79 Å². The van der Waals surface area contributed by atoms with E-state index >= 15 is 0 Å². The lowest BCUT2D eigenvalue weighted by atomic mass is 10.1. The van der Waals surface area contributed by atoms with Gasteiger partial charge >= 0.3 is 5.97 Å². The number of hydrogen-bond donors (Lipinski definition) is 1. The Kier molecular flexibility index (Phi) is 7.97. The molecule has 0 unspecified atom stereocenters. The Morgan fingerprint density at radius 2 is 1.67 bits per heavy atom. The SMILES string of the molecule is COc1ccc(CCNC(=O)COC(=O)c2ccccc2-c2ncc(-c3ccccc3)o2)cc1OC. The van der Waals surface area contributed by atoms with Crippen LogP contribution in [-0.4, -0.2) is 44.2 Å². The fraction of sp³-hybridized carbons (Fsp3) is 0.179. The van der Waals surface area contributed by atoms with Crippen LogP contribution in [-0.2, 0) is 16.0 Å². The van der Waals surface area contributed by atoms with Crippen LogP contribution in [0.25, 0.3) is 22.8 Å². The highest BCUT2D eigenvalue weighted by Crippen LogP contribution is 2.29. The summed E-state index contributed by atoms with van der Waals surface area (Å²) in [6.07, 6.45) is 2.19. The molecule has 1 N–H and O–H groups in total. The van der Waals surface area contributed by atoms with Gasteiger partial charge < -0.3 is 23.9 Å². The molecule has 4 aromatic rings. The lowest BCUT2D eigenvalue weighted by Crippen LogP contribution is -2.30. The molecular weight excluding hydrogens is 460 g/mol. The van der Waals surface area contributed by atoms with Crippen LogP contribution in [0.2, 0.25) is 0 Å². The minimum Gasteiger partial charge on any atom is -0.493 e. The van der Waals surface area contributed by atoms with E-state index in [9.17, 15) is 9.59 Å². The summed E-state index contributed by atoms with van der Waals surface area (Å²) >= 11 is 0. The Morgan fingerprint density at radius 1 is 0.917 bits per heavy atom. The van der Waals surface area contributed by atoms with Crippen LogP contribution in [0.15, 0.2) is 83.4 Å². The molecule has 1 amide bonds. The third-order valence-corrected chi connectivity index (χ3v) is 5.46. The first kappa shape index (κ1) is 24.5. The smallest absolute Gasteiger partial charge is 0.339 e. The highest BCUT2D eigenvalue weighted by atomic mass is 16.5. The van der Waals surface area contributed by atoms with Crippen LogP contribution >= 0.6 is 0 Å². The number of nitrogens with one attached hydrogen (secondary N) is 1. The number of amides is 1. The van der Waals surface area contributed by atoms with Crippen molar-refractivity contribution in [3.63, 3.8) is 0 Å². The molecule has 1 aromatic heterocycles. The van der Waals surface area contributed by atoms with Gasteiger partial charge in [-0.15, -0.1) is 0 Å². The van der Waals surface area contributed by atoms with Gasteiger partial charge in [0.25, 0.3) is 5.91 Å². The number of carbonyl (C=O) groups is 2. The summed E-state index contributed by atoms with van der Waals surface area (Å²) in [5, 5.41) is 2.75. The Bertz CT molecular complexity index is 1330. The molecule has 4 rings (SSSR count). The van der Waals surface area contributed by atoms with Gasteiger partial charge in [-0.1, -0.05) is 48.5 Å². The largest absolute Gasteiger partial charge is 0.493 e. The number of ether oxygens (including phenoxy) is 3. The first-order valence-corrected chi connectivity index (χ1v) is 11.3. The number of carbonyl (C=O) groups excluding carboxylic acids is 2. The van der Waals surface area contributed by atoms with Gasteiger partial charge in [0.1, 0.15) is 0 Å². The monoisotopic (exact) mass is 486 g/mol. The minimum atomic E-state index is -0.639. The zero-order chi connectivity index (χ0) is 25.3. The van der Waals surface area contributed by atoms with E-state index in [0.29, 0.717) is 41.7 Å². The zero-order valence-corrected chi connectivity index (χ0v) is 20.0. The van der Waals surface area contributed by atoms with Gasteiger partial charge in [-0.05, 0) is 36.2 Å². The highest BCUT2D eigenvalue weighted by molar-refractivity contribution is 5.97. The van der Waals surface area contributed by atoms with Crippen molar-refractivity contribution < 1.29 is 28.2 Å². The second-order valence-electron chi connectivity index (χ2n) is 7.81. The Balaban J connectivity index is 1.33. The molecule has 0 saturated heterocycles. The number of methoxy groups -OCH3 is 2. The van der Waals surface area contributed by atoms with Crippen LogP contribution < -0.4 is 14.8 Å². The summed E-state index contributed by atoms with van der Waals surface area (Å²) in [5.74, 6) is 1.10. The van der Waals surface area contributed by atoms with E-state index < -0.39 is 18.5 Å². The van der Waals surface area contributed by atoms with Crippen molar-refractivity contribution in [2.75, 3.05) is 27.4 Å². The lowest BCUT2D eigenvalue weighted by Gasteiger charge is -2.10. The summed E-state index contributed by atoms with van der Waals surface area (Å²) in [4.78, 5) is 29.3. The number of oxazole rings is 1. The summed E-state index contributed by atoms with van der Waals surface area (Å²) in [7, 11) is 3.14. The average Bonchev–Trinajstić information content (AvgIpc) is 3.42. The molecule has 1 heterocycles. The molecule has 0 atom stereocenters. The van der Waals surface area contributed by atoms with E-state index in [0.717, 1.165) is 11.1 Å². The third-order valence-electron chi connectivity index (χ3n) is 5.46. The van der Waals surface area contributed by atoms with Gasteiger partial charge in [0.2, 0.25) is 5.89 Å². The maximum absolute atomic E-state index is 12.7. The first-order valence-electron chi connectivity index (χ1n) is 11.3. The normalized spacial score (nSPS) is 10.5. The van der Waals surface area contributed by atoms with Crippen molar-refractivity contribution >= 4 is 11.9 Å². The van der Waals surface area contributed by atoms with E-state index in [2.05, 4.69) is 10.3 Å². The molecule has 8 heteroatoms. The molecule has 0 bridgehead atoms. The fourth-order valence-corrected chi connectivity index (χ4v) is 3.62. The summed E-state index contributed by atoms with van der Waals surface area (Å²) in [6.45, 7) is -0.0268. The van der Waals surface area contributed by atoms with E-state index in [-0.39, 0.29) is 5.56 Å². The lowest BCUT2D eigenvalue weighted by molar-refractivity contribution is -0.124. The second-order valence-corrected chi connectivity index (χ2v) is 7.81. The maximum atomic E-state index is 12.7. The Morgan fingerprint density at radius 3 is 2.44 bits per heavy atom. The molecule has 0 spiro atoms. The zero-order valence-electron chi connectivity index (χ0n) is 20.0. The number of aromatic nitrogens is 1. The number of hydrogen-bond acceptors (Lipinski definition) is 7. The summed E-state index contributed by atoms with van der Waals surface area (Å²) in [6, 6.07) is 21.9. The van der Waals surface area contributed by atoms with E-state index in [1.807, 2.05) is 48.5 Å². The Hall–Kier alpha value is -4.59. The average molecular weight is 487 g/mol. The summed E-state index contributed by atoms with van der Waals surface area (Å²) < 4.78 is 21.7. The first-order chi connectivity index (χ1) is 17.6. The van der Waals surface area contributed by atoms with Crippen LogP contribution in [0.3, 0.4) is 0 Å². The molecule has 3 aromatic carbocycles. The maximum Gasteiger partial charge on any atom is 0.339 e. The quantitative estimate of drug-likeness (QED) is 0.329. The molecule has 184 valence electrons. The number of benzene rings is 3. The predicted molar refractivity (Wildman–Crippen MR) is 134 cm³/mol. The van der Waals surface area contributed by atoms with E-state index in [4.69, 9.17) is 18.6 Å². The van der Waals surface area contributed by atoms with E-state index in [1.165, 1.54) is 0 Å². The molecule has 0 fully saturated rings. The number of nitrogens with zero attached hydrogens (tertiary/aromatic N) is 1. The molecule has 0 aliphatic carbocycles. The van der Waals surface area contributed by atoms with Gasteiger partial charge in [0.15, 0.2) is 23.9 Å². The third kappa shape index (κ3) is 5.90. The number of esters is 1. The predicted octanol–water partition coefficient (Wildman–Crippen LogP) is 4.54. The standard InChI is InChI=1S/C28H26N2O6/c1-33-23-13-12-19(16-24(23)34-2)14-15-29-26(31)18-35-28(32)22-11-7-6-10-21(22)27-30-17-25(36-27)20-8-4-3-5-9-20/h3-13,16-17H,14-15,18H2,1-2H3,(H,29,31). The Labute approximate surface area is 208 Å². The van der Waals surface area contributed by atoms with Crippen LogP contribution in [0, 0.1) is 0 Å².